The fourth-order valence-corrected chi connectivity index (χ4v) is 3.78. The number of quaternary nitrogens is 1. The molecule has 0 aliphatic heterocycles. The molecule has 0 fully saturated rings. The van der Waals surface area contributed by atoms with E-state index >= 15 is 0 Å². The van der Waals surface area contributed by atoms with Crippen LogP contribution < -0.4 is 4.89 Å². The molecule has 9 heteroatoms. The van der Waals surface area contributed by atoms with Crippen LogP contribution in [0.5, 0.6) is 0 Å². The van der Waals surface area contributed by atoms with Gasteiger partial charge in [-0.15, -0.1) is 0 Å². The van der Waals surface area contributed by atoms with Crippen molar-refractivity contribution in [2.45, 2.75) is 77.7 Å². The molecule has 0 aromatic carbocycles. The normalized spacial score (nSPS) is 15.2. The van der Waals surface area contributed by atoms with Crippen LogP contribution >= 0.6 is 7.82 Å². The van der Waals surface area contributed by atoms with Crippen LogP contribution in [0.15, 0.2) is 60.8 Å². The van der Waals surface area contributed by atoms with Gasteiger partial charge in [-0.05, 0) is 44.9 Å². The molecule has 0 saturated heterocycles. The maximum absolute atomic E-state index is 12.1. The molecular formula is C31H54NO7P. The zero-order chi connectivity index (χ0) is 30.0. The molecule has 2 unspecified atom stereocenters. The molecule has 0 bridgehead atoms. The van der Waals surface area contributed by atoms with Crippen LogP contribution in [-0.2, 0) is 27.9 Å². The highest BCUT2D eigenvalue weighted by Crippen LogP contribution is 2.38. The predicted molar refractivity (Wildman–Crippen MR) is 162 cm³/mol. The summed E-state index contributed by atoms with van der Waals surface area (Å²) in [5.41, 5.74) is 0. The number of phosphoric acid groups is 1. The van der Waals surface area contributed by atoms with Crippen LogP contribution in [0.2, 0.25) is 0 Å². The lowest BCUT2D eigenvalue weighted by Crippen LogP contribution is -2.37. The predicted octanol–water partition coefficient (Wildman–Crippen LogP) is 6.45. The number of nitrogens with zero attached hydrogens (tertiary/aromatic N) is 1. The Morgan fingerprint density at radius 2 is 1.35 bits per heavy atom. The third-order valence-electron chi connectivity index (χ3n) is 5.35. The first-order valence-corrected chi connectivity index (χ1v) is 16.0. The number of carbonyl (C=O) groups is 1. The highest BCUT2D eigenvalue weighted by Gasteiger charge is 2.20. The fourth-order valence-electron chi connectivity index (χ4n) is 3.06. The van der Waals surface area contributed by atoms with Gasteiger partial charge in [0.05, 0.1) is 41.0 Å². The van der Waals surface area contributed by atoms with Crippen molar-refractivity contribution in [2.24, 2.45) is 0 Å². The third-order valence-corrected chi connectivity index (χ3v) is 6.32. The van der Waals surface area contributed by atoms with E-state index < -0.39 is 19.9 Å². The molecule has 2 atom stereocenters. The Morgan fingerprint density at radius 1 is 0.800 bits per heavy atom. The smallest absolute Gasteiger partial charge is 0.306 e. The lowest BCUT2D eigenvalue weighted by Gasteiger charge is -2.28. The van der Waals surface area contributed by atoms with Crippen LogP contribution in [0.25, 0.3) is 0 Å². The third kappa shape index (κ3) is 27.8. The average molecular weight is 584 g/mol. The number of phosphoric ester groups is 1. The highest BCUT2D eigenvalue weighted by molar-refractivity contribution is 7.45. The van der Waals surface area contributed by atoms with Crippen LogP contribution in [0.1, 0.15) is 71.6 Å². The minimum atomic E-state index is -4.51. The second kappa shape index (κ2) is 25.0. The molecule has 0 aromatic heterocycles. The summed E-state index contributed by atoms with van der Waals surface area (Å²) in [6.45, 7) is 4.75. The zero-order valence-electron chi connectivity index (χ0n) is 25.5. The number of likely N-dealkylation sites (N-methyl/N-ethyl adjacent to an activating group) is 1. The van der Waals surface area contributed by atoms with Crippen molar-refractivity contribution in [1.82, 2.24) is 0 Å². The van der Waals surface area contributed by atoms with E-state index in [1.165, 1.54) is 0 Å². The Labute approximate surface area is 243 Å². The maximum atomic E-state index is 12.1. The van der Waals surface area contributed by atoms with Gasteiger partial charge in [0.1, 0.15) is 19.3 Å². The quantitative estimate of drug-likeness (QED) is 0.0401. The van der Waals surface area contributed by atoms with Gasteiger partial charge in [-0.25, -0.2) is 0 Å². The molecule has 230 valence electrons. The molecule has 0 rings (SSSR count). The van der Waals surface area contributed by atoms with Crippen molar-refractivity contribution in [3.8, 4) is 0 Å². The van der Waals surface area contributed by atoms with E-state index in [0.29, 0.717) is 30.5 Å². The number of hydrogen-bond acceptors (Lipinski definition) is 7. The molecule has 0 saturated carbocycles. The Kier molecular flexibility index (Phi) is 23.8. The molecule has 0 radical (unpaired) electrons. The van der Waals surface area contributed by atoms with Crippen LogP contribution in [-0.4, -0.2) is 70.7 Å². The van der Waals surface area contributed by atoms with E-state index in [0.717, 1.165) is 38.5 Å². The molecule has 0 N–H and O–H groups in total. The second-order valence-electron chi connectivity index (χ2n) is 10.4. The van der Waals surface area contributed by atoms with E-state index in [1.807, 2.05) is 34.1 Å². The summed E-state index contributed by atoms with van der Waals surface area (Å²) < 4.78 is 33.6. The SMILES string of the molecule is CC/C=C\C/C=C\C/C=C\C/C=C\C/C=C\CCOCC(COP(=O)([O-])OCC[N+](C)(C)C)OC(=O)CCCC. The number of hydrogen-bond donors (Lipinski definition) is 0. The Balaban J connectivity index is 4.28. The highest BCUT2D eigenvalue weighted by atomic mass is 31.2. The Morgan fingerprint density at radius 3 is 1.88 bits per heavy atom. The Hall–Kier alpha value is -1.80. The fraction of sp³-hybridized carbons (Fsp3) is 0.645. The minimum Gasteiger partial charge on any atom is -0.756 e. The monoisotopic (exact) mass is 583 g/mol. The molecule has 0 heterocycles. The molecule has 0 aliphatic rings. The molecule has 40 heavy (non-hydrogen) atoms. The summed E-state index contributed by atoms with van der Waals surface area (Å²) in [6.07, 6.45) is 27.9. The van der Waals surface area contributed by atoms with Gasteiger partial charge in [-0.2, -0.15) is 0 Å². The molecular weight excluding hydrogens is 529 g/mol. The summed E-state index contributed by atoms with van der Waals surface area (Å²) in [5.74, 6) is -0.399. The number of ether oxygens (including phenoxy) is 2. The van der Waals surface area contributed by atoms with Gasteiger partial charge in [0.2, 0.25) is 0 Å². The zero-order valence-corrected chi connectivity index (χ0v) is 26.4. The summed E-state index contributed by atoms with van der Waals surface area (Å²) in [4.78, 5) is 24.2. The number of unbranched alkanes of at least 4 members (excludes halogenated alkanes) is 1. The molecule has 0 amide bonds. The van der Waals surface area contributed by atoms with E-state index in [1.54, 1.807) is 0 Å². The first-order chi connectivity index (χ1) is 19.1. The number of esters is 1. The van der Waals surface area contributed by atoms with Crippen LogP contribution in [0.4, 0.5) is 0 Å². The van der Waals surface area contributed by atoms with Gasteiger partial charge in [-0.3, -0.25) is 9.36 Å². The number of rotatable bonds is 25. The van der Waals surface area contributed by atoms with Crippen molar-refractivity contribution < 1.29 is 37.3 Å². The largest absolute Gasteiger partial charge is 0.756 e. The Bertz CT molecular complexity index is 828. The first kappa shape index (κ1) is 38.2. The van der Waals surface area contributed by atoms with Crippen LogP contribution in [0, 0.1) is 0 Å². The minimum absolute atomic E-state index is 0.00891. The second-order valence-corrected chi connectivity index (χ2v) is 11.8. The molecule has 8 nitrogen and oxygen atoms in total. The first-order valence-electron chi connectivity index (χ1n) is 14.5. The van der Waals surface area contributed by atoms with E-state index in [9.17, 15) is 14.3 Å². The lowest BCUT2D eigenvalue weighted by molar-refractivity contribution is -0.870. The average Bonchev–Trinajstić information content (AvgIpc) is 2.88. The van der Waals surface area contributed by atoms with Gasteiger partial charge in [0.15, 0.2) is 0 Å². The van der Waals surface area contributed by atoms with Gasteiger partial charge in [0, 0.05) is 6.42 Å². The topological polar surface area (TPSA) is 94.1 Å². The number of allylic oxidation sites excluding steroid dienone is 9. The van der Waals surface area contributed by atoms with Gasteiger partial charge in [-0.1, -0.05) is 81.0 Å². The van der Waals surface area contributed by atoms with Crippen molar-refractivity contribution in [3.05, 3.63) is 60.8 Å². The van der Waals surface area contributed by atoms with Crippen molar-refractivity contribution in [2.75, 3.05) is 54.1 Å². The summed E-state index contributed by atoms with van der Waals surface area (Å²) in [5, 5.41) is 0. The molecule has 0 aromatic rings. The van der Waals surface area contributed by atoms with Crippen LogP contribution in [0.3, 0.4) is 0 Å². The van der Waals surface area contributed by atoms with Crippen molar-refractivity contribution >= 4 is 13.8 Å². The number of carbonyl (C=O) groups excluding carboxylic acids is 1. The lowest BCUT2D eigenvalue weighted by atomic mass is 10.2. The van der Waals surface area contributed by atoms with E-state index in [-0.39, 0.29) is 26.2 Å². The molecule has 0 spiro atoms. The van der Waals surface area contributed by atoms with Crippen molar-refractivity contribution in [1.29, 1.82) is 0 Å². The standard InChI is InChI=1S/C31H54NO7P/c1-6-8-10-11-12-13-14-15-16-17-18-19-20-21-22-23-26-36-28-30(39-31(33)24-9-7-2)29-38-40(34,35)37-27-25-32(3,4)5/h8,10,12-13,15-16,18-19,21-22,30H,6-7,9,11,14,17,20,23-29H2,1-5H3/b10-8-,13-12-,16-15-,19-18-,22-21-. The van der Waals surface area contributed by atoms with Crippen molar-refractivity contribution in [3.63, 3.8) is 0 Å². The molecule has 0 aliphatic carbocycles. The van der Waals surface area contributed by atoms with E-state index in [2.05, 4.69) is 61.6 Å². The van der Waals surface area contributed by atoms with Gasteiger partial charge < -0.3 is 27.9 Å². The maximum Gasteiger partial charge on any atom is 0.306 e. The summed E-state index contributed by atoms with van der Waals surface area (Å²) in [7, 11) is 1.29. The van der Waals surface area contributed by atoms with Gasteiger partial charge >= 0.3 is 5.97 Å². The van der Waals surface area contributed by atoms with E-state index in [4.69, 9.17) is 18.5 Å². The summed E-state index contributed by atoms with van der Waals surface area (Å²) in [6, 6.07) is 0. The van der Waals surface area contributed by atoms with Gasteiger partial charge in [0.25, 0.3) is 7.82 Å². The summed E-state index contributed by atoms with van der Waals surface area (Å²) >= 11 is 0.